The minimum atomic E-state index is 0.0990. The van der Waals surface area contributed by atoms with E-state index in [1.807, 2.05) is 12.1 Å². The Morgan fingerprint density at radius 1 is 1.42 bits per heavy atom. The van der Waals surface area contributed by atoms with Gasteiger partial charge in [0, 0.05) is 25.2 Å². The number of nitrogens with one attached hydrogen (secondary N) is 1. The van der Waals surface area contributed by atoms with Crippen LogP contribution < -0.4 is 16.9 Å². The summed E-state index contributed by atoms with van der Waals surface area (Å²) < 4.78 is 0. The van der Waals surface area contributed by atoms with Crippen LogP contribution in [-0.4, -0.2) is 28.4 Å². The first-order chi connectivity index (χ1) is 9.13. The van der Waals surface area contributed by atoms with Gasteiger partial charge in [-0.15, -0.1) is 0 Å². The number of amidine groups is 1. The maximum absolute atomic E-state index is 5.80. The SMILES string of the molecule is CC1=CC(N)=NNC1N1CCc2ncc(N)cc2C1. The number of fused-ring (bicyclic) bond motifs is 1. The molecule has 6 heteroatoms. The molecular formula is C13H18N6. The maximum Gasteiger partial charge on any atom is 0.143 e. The Balaban J connectivity index is 1.81. The van der Waals surface area contributed by atoms with Crippen molar-refractivity contribution in [2.45, 2.75) is 26.1 Å². The molecule has 0 fully saturated rings. The van der Waals surface area contributed by atoms with Gasteiger partial charge in [-0.2, -0.15) is 5.10 Å². The largest absolute Gasteiger partial charge is 0.397 e. The number of hydrogen-bond acceptors (Lipinski definition) is 6. The van der Waals surface area contributed by atoms with E-state index in [0.717, 1.165) is 25.2 Å². The van der Waals surface area contributed by atoms with E-state index in [0.29, 0.717) is 11.5 Å². The van der Waals surface area contributed by atoms with Crippen molar-refractivity contribution in [1.82, 2.24) is 15.3 Å². The average Bonchev–Trinajstić information content (AvgIpc) is 2.38. The first kappa shape index (κ1) is 12.0. The summed E-state index contributed by atoms with van der Waals surface area (Å²) in [5.41, 5.74) is 18.8. The van der Waals surface area contributed by atoms with Gasteiger partial charge >= 0.3 is 0 Å². The Labute approximate surface area is 112 Å². The number of nitrogens with two attached hydrogens (primary N) is 2. The smallest absolute Gasteiger partial charge is 0.143 e. The van der Waals surface area contributed by atoms with Crippen LogP contribution in [-0.2, 0) is 13.0 Å². The molecular weight excluding hydrogens is 240 g/mol. The van der Waals surface area contributed by atoms with E-state index < -0.39 is 0 Å². The van der Waals surface area contributed by atoms with Gasteiger partial charge in [0.2, 0.25) is 0 Å². The zero-order valence-corrected chi connectivity index (χ0v) is 10.9. The highest BCUT2D eigenvalue weighted by Crippen LogP contribution is 2.22. The second kappa shape index (κ2) is 4.55. The second-order valence-electron chi connectivity index (χ2n) is 5.05. The molecule has 2 aliphatic rings. The van der Waals surface area contributed by atoms with E-state index in [1.54, 1.807) is 6.20 Å². The first-order valence-electron chi connectivity index (χ1n) is 6.37. The highest BCUT2D eigenvalue weighted by Gasteiger charge is 2.26. The Bertz CT molecular complexity index is 562. The van der Waals surface area contributed by atoms with Gasteiger partial charge in [0.05, 0.1) is 11.9 Å². The van der Waals surface area contributed by atoms with Gasteiger partial charge in [-0.3, -0.25) is 15.3 Å². The summed E-state index contributed by atoms with van der Waals surface area (Å²) in [4.78, 5) is 6.72. The molecule has 0 amide bonds. The molecule has 1 atom stereocenters. The molecule has 0 radical (unpaired) electrons. The number of pyridine rings is 1. The molecule has 0 saturated heterocycles. The monoisotopic (exact) mass is 258 g/mol. The topological polar surface area (TPSA) is 92.6 Å². The average molecular weight is 258 g/mol. The van der Waals surface area contributed by atoms with Crippen molar-refractivity contribution >= 4 is 11.5 Å². The number of anilines is 1. The van der Waals surface area contributed by atoms with E-state index in [2.05, 4.69) is 27.3 Å². The highest BCUT2D eigenvalue weighted by atomic mass is 15.4. The molecule has 1 aromatic heterocycles. The van der Waals surface area contributed by atoms with Gasteiger partial charge in [0.1, 0.15) is 12.0 Å². The van der Waals surface area contributed by atoms with Crippen molar-refractivity contribution in [3.8, 4) is 0 Å². The van der Waals surface area contributed by atoms with Crippen LogP contribution in [0.2, 0.25) is 0 Å². The summed E-state index contributed by atoms with van der Waals surface area (Å²) in [6.07, 6.45) is 4.67. The Morgan fingerprint density at radius 3 is 3.05 bits per heavy atom. The molecule has 1 unspecified atom stereocenters. The molecule has 0 bridgehead atoms. The molecule has 6 nitrogen and oxygen atoms in total. The highest BCUT2D eigenvalue weighted by molar-refractivity contribution is 5.92. The maximum atomic E-state index is 5.80. The Hall–Kier alpha value is -2.08. The van der Waals surface area contributed by atoms with Gasteiger partial charge < -0.3 is 11.5 Å². The van der Waals surface area contributed by atoms with E-state index in [9.17, 15) is 0 Å². The van der Waals surface area contributed by atoms with Gasteiger partial charge in [0.15, 0.2) is 0 Å². The normalized spacial score (nSPS) is 23.1. The van der Waals surface area contributed by atoms with Crippen LogP contribution in [0.3, 0.4) is 0 Å². The molecule has 0 spiro atoms. The zero-order valence-electron chi connectivity index (χ0n) is 10.9. The quantitative estimate of drug-likeness (QED) is 0.668. The molecule has 3 rings (SSSR count). The van der Waals surface area contributed by atoms with Crippen molar-refractivity contribution in [2.75, 3.05) is 12.3 Å². The zero-order chi connectivity index (χ0) is 13.4. The summed E-state index contributed by atoms with van der Waals surface area (Å²) in [6.45, 7) is 3.83. The van der Waals surface area contributed by atoms with Crippen LogP contribution >= 0.6 is 0 Å². The number of hydrazone groups is 1. The van der Waals surface area contributed by atoms with E-state index in [1.165, 1.54) is 11.1 Å². The lowest BCUT2D eigenvalue weighted by Gasteiger charge is -2.36. The van der Waals surface area contributed by atoms with Crippen LogP contribution in [0.5, 0.6) is 0 Å². The summed E-state index contributed by atoms with van der Waals surface area (Å²) in [5, 5.41) is 4.10. The molecule has 0 aliphatic carbocycles. The Kier molecular flexibility index (Phi) is 2.87. The van der Waals surface area contributed by atoms with Crippen LogP contribution in [0.1, 0.15) is 18.2 Å². The fourth-order valence-corrected chi connectivity index (χ4v) is 2.64. The lowest BCUT2D eigenvalue weighted by molar-refractivity contribution is 0.172. The van der Waals surface area contributed by atoms with E-state index >= 15 is 0 Å². The number of nitrogen functional groups attached to an aromatic ring is 1. The lowest BCUT2D eigenvalue weighted by Crippen LogP contribution is -2.49. The lowest BCUT2D eigenvalue weighted by atomic mass is 10.0. The standard InChI is InChI=1S/C13H18N6/c1-8-4-12(15)17-18-13(8)19-3-2-11-9(7-19)5-10(14)6-16-11/h4-6,13,18H,2-3,7,14H2,1H3,(H2,15,17). The van der Waals surface area contributed by atoms with Crippen molar-refractivity contribution in [2.24, 2.45) is 10.8 Å². The summed E-state index contributed by atoms with van der Waals surface area (Å²) in [6, 6.07) is 2.01. The van der Waals surface area contributed by atoms with E-state index in [-0.39, 0.29) is 6.17 Å². The van der Waals surface area contributed by atoms with Crippen molar-refractivity contribution in [3.63, 3.8) is 0 Å². The summed E-state index contributed by atoms with van der Waals surface area (Å²) >= 11 is 0. The minimum absolute atomic E-state index is 0.0990. The molecule has 19 heavy (non-hydrogen) atoms. The molecule has 0 saturated carbocycles. The van der Waals surface area contributed by atoms with Crippen molar-refractivity contribution < 1.29 is 0 Å². The van der Waals surface area contributed by atoms with Gasteiger partial charge in [-0.25, -0.2) is 0 Å². The number of aromatic nitrogens is 1. The van der Waals surface area contributed by atoms with Crippen LogP contribution in [0.15, 0.2) is 29.0 Å². The minimum Gasteiger partial charge on any atom is -0.397 e. The molecule has 100 valence electrons. The van der Waals surface area contributed by atoms with Gasteiger partial charge in [-0.05, 0) is 30.2 Å². The van der Waals surface area contributed by atoms with Crippen LogP contribution in [0, 0.1) is 0 Å². The number of nitrogens with zero attached hydrogens (tertiary/aromatic N) is 3. The predicted octanol–water partition coefficient (Wildman–Crippen LogP) is 0.170. The Morgan fingerprint density at radius 2 is 2.26 bits per heavy atom. The second-order valence-corrected chi connectivity index (χ2v) is 5.05. The third kappa shape index (κ3) is 2.26. The van der Waals surface area contributed by atoms with Gasteiger partial charge in [-0.1, -0.05) is 0 Å². The predicted molar refractivity (Wildman–Crippen MR) is 75.1 cm³/mol. The fourth-order valence-electron chi connectivity index (χ4n) is 2.64. The summed E-state index contributed by atoms with van der Waals surface area (Å²) in [5.74, 6) is 0.525. The molecule has 1 aromatic rings. The van der Waals surface area contributed by atoms with Crippen LogP contribution in [0.4, 0.5) is 5.69 Å². The molecule has 0 aromatic carbocycles. The van der Waals surface area contributed by atoms with E-state index in [4.69, 9.17) is 11.5 Å². The third-order valence-corrected chi connectivity index (χ3v) is 3.58. The fraction of sp³-hybridized carbons (Fsp3) is 0.385. The van der Waals surface area contributed by atoms with Crippen molar-refractivity contribution in [1.29, 1.82) is 0 Å². The molecule has 5 N–H and O–H groups in total. The molecule has 3 heterocycles. The summed E-state index contributed by atoms with van der Waals surface area (Å²) in [7, 11) is 0. The van der Waals surface area contributed by atoms with Crippen LogP contribution in [0.25, 0.3) is 0 Å². The molecule has 2 aliphatic heterocycles. The van der Waals surface area contributed by atoms with Gasteiger partial charge in [0.25, 0.3) is 0 Å². The number of rotatable bonds is 1. The number of hydrogen-bond donors (Lipinski definition) is 3. The van der Waals surface area contributed by atoms with Crippen molar-refractivity contribution in [3.05, 3.63) is 35.2 Å². The first-order valence-corrected chi connectivity index (χ1v) is 6.37. The third-order valence-electron chi connectivity index (χ3n) is 3.58.